The maximum Gasteiger partial charge on any atom is 0.142 e. The second kappa shape index (κ2) is 7.90. The molecular weight excluding hydrogens is 338 g/mol. The van der Waals surface area contributed by atoms with Gasteiger partial charge in [-0.05, 0) is 42.4 Å². The molecule has 1 nitrogen and oxygen atoms in total. The molecule has 0 aliphatic rings. The fourth-order valence-electron chi connectivity index (χ4n) is 2.08. The smallest absolute Gasteiger partial charge is 0.142 e. The van der Waals surface area contributed by atoms with Crippen LogP contribution in [-0.4, -0.2) is 0 Å². The van der Waals surface area contributed by atoms with Gasteiger partial charge in [0.15, 0.2) is 0 Å². The Morgan fingerprint density at radius 1 is 0.875 bits per heavy atom. The van der Waals surface area contributed by atoms with E-state index in [1.54, 1.807) is 5.40 Å². The minimum atomic E-state index is -0.915. The molecule has 24 heavy (non-hydrogen) atoms. The van der Waals surface area contributed by atoms with Crippen molar-refractivity contribution >= 4 is 11.8 Å². The van der Waals surface area contributed by atoms with E-state index in [1.807, 2.05) is 6.92 Å². The lowest BCUT2D eigenvalue weighted by Gasteiger charge is -2.04. The number of halogens is 4. The SMILES string of the molecule is CCCc1c(F)cc(C#Cc2cc(F)c(SC#N)c(F)c2)cc1F. The molecular formula is C18H11F4NS. The lowest BCUT2D eigenvalue weighted by molar-refractivity contribution is 0.540. The number of thioether (sulfide) groups is 1. The quantitative estimate of drug-likeness (QED) is 0.330. The van der Waals surface area contributed by atoms with Crippen LogP contribution in [0.4, 0.5) is 17.6 Å². The van der Waals surface area contributed by atoms with Crippen LogP contribution in [0, 0.1) is 45.8 Å². The van der Waals surface area contributed by atoms with E-state index in [-0.39, 0.29) is 23.1 Å². The number of nitriles is 1. The maximum atomic E-state index is 13.8. The lowest BCUT2D eigenvalue weighted by atomic mass is 10.1. The third-order valence-corrected chi connectivity index (χ3v) is 3.82. The van der Waals surface area contributed by atoms with Crippen molar-refractivity contribution in [3.05, 3.63) is 64.2 Å². The van der Waals surface area contributed by atoms with Crippen molar-refractivity contribution in [3.63, 3.8) is 0 Å². The largest absolute Gasteiger partial charge is 0.207 e. The van der Waals surface area contributed by atoms with Crippen LogP contribution in [0.15, 0.2) is 29.2 Å². The summed E-state index contributed by atoms with van der Waals surface area (Å²) >= 11 is 0.370. The summed E-state index contributed by atoms with van der Waals surface area (Å²) in [6.07, 6.45) is 0.879. The summed E-state index contributed by atoms with van der Waals surface area (Å²) in [5, 5.41) is 10.1. The predicted molar refractivity (Wildman–Crippen MR) is 84.2 cm³/mol. The Hall–Kier alpha value is -2.44. The first-order valence-electron chi connectivity index (χ1n) is 7.01. The van der Waals surface area contributed by atoms with Crippen LogP contribution in [0.1, 0.15) is 30.0 Å². The highest BCUT2D eigenvalue weighted by atomic mass is 32.2. The van der Waals surface area contributed by atoms with Gasteiger partial charge in [0.05, 0.1) is 4.90 Å². The molecule has 0 saturated carbocycles. The number of nitrogens with zero attached hydrogens (tertiary/aromatic N) is 1. The highest BCUT2D eigenvalue weighted by Crippen LogP contribution is 2.25. The Bertz CT molecular complexity index is 829. The van der Waals surface area contributed by atoms with Crippen molar-refractivity contribution in [2.75, 3.05) is 0 Å². The number of rotatable bonds is 3. The van der Waals surface area contributed by atoms with Gasteiger partial charge in [0, 0.05) is 16.7 Å². The third kappa shape index (κ3) is 4.10. The molecule has 0 saturated heterocycles. The molecule has 0 radical (unpaired) electrons. The lowest BCUT2D eigenvalue weighted by Crippen LogP contribution is -1.96. The van der Waals surface area contributed by atoms with Crippen LogP contribution in [0.2, 0.25) is 0 Å². The zero-order valence-corrected chi connectivity index (χ0v) is 13.4. The first-order valence-corrected chi connectivity index (χ1v) is 7.82. The molecule has 0 bridgehead atoms. The minimum Gasteiger partial charge on any atom is -0.207 e. The van der Waals surface area contributed by atoms with Crippen LogP contribution in [0.3, 0.4) is 0 Å². The molecule has 0 heterocycles. The zero-order chi connectivity index (χ0) is 17.7. The molecule has 0 atom stereocenters. The van der Waals surface area contributed by atoms with Gasteiger partial charge in [0.1, 0.15) is 28.7 Å². The van der Waals surface area contributed by atoms with Gasteiger partial charge in [0.25, 0.3) is 0 Å². The fraction of sp³-hybridized carbons (Fsp3) is 0.167. The number of hydrogen-bond acceptors (Lipinski definition) is 2. The molecule has 2 aromatic rings. The molecule has 0 spiro atoms. The summed E-state index contributed by atoms with van der Waals surface area (Å²) in [4.78, 5) is -0.413. The van der Waals surface area contributed by atoms with E-state index >= 15 is 0 Å². The van der Waals surface area contributed by atoms with Crippen molar-refractivity contribution in [2.24, 2.45) is 0 Å². The molecule has 2 aromatic carbocycles. The Morgan fingerprint density at radius 3 is 1.75 bits per heavy atom. The summed E-state index contributed by atoms with van der Waals surface area (Å²) in [5.74, 6) is 1.72. The average Bonchev–Trinajstić information content (AvgIpc) is 2.52. The monoisotopic (exact) mass is 349 g/mol. The minimum absolute atomic E-state index is 0.00183. The Morgan fingerprint density at radius 2 is 1.33 bits per heavy atom. The molecule has 0 amide bonds. The van der Waals surface area contributed by atoms with Gasteiger partial charge in [-0.15, -0.1) is 0 Å². The second-order valence-electron chi connectivity index (χ2n) is 4.88. The Kier molecular flexibility index (Phi) is 5.89. The van der Waals surface area contributed by atoms with Crippen molar-refractivity contribution in [2.45, 2.75) is 24.7 Å². The summed E-state index contributed by atoms with van der Waals surface area (Å²) in [6.45, 7) is 1.81. The fourth-order valence-corrected chi connectivity index (χ4v) is 2.49. The Balaban J connectivity index is 2.36. The van der Waals surface area contributed by atoms with E-state index in [0.717, 1.165) is 24.3 Å². The summed E-state index contributed by atoms with van der Waals surface area (Å²) in [5.41, 5.74) is 0.0740. The molecule has 0 unspecified atom stereocenters. The molecule has 2 rings (SSSR count). The molecule has 122 valence electrons. The van der Waals surface area contributed by atoms with Crippen LogP contribution in [0.25, 0.3) is 0 Å². The van der Waals surface area contributed by atoms with Gasteiger partial charge in [-0.25, -0.2) is 17.6 Å². The molecule has 0 aliphatic carbocycles. The highest BCUT2D eigenvalue weighted by molar-refractivity contribution is 8.03. The number of benzene rings is 2. The second-order valence-corrected chi connectivity index (χ2v) is 5.68. The highest BCUT2D eigenvalue weighted by Gasteiger charge is 2.12. The van der Waals surface area contributed by atoms with E-state index in [1.165, 1.54) is 0 Å². The third-order valence-electron chi connectivity index (χ3n) is 3.14. The van der Waals surface area contributed by atoms with Crippen LogP contribution in [-0.2, 0) is 6.42 Å². The van der Waals surface area contributed by atoms with Crippen LogP contribution >= 0.6 is 11.8 Å². The number of hydrogen-bond donors (Lipinski definition) is 0. The van der Waals surface area contributed by atoms with Crippen molar-refractivity contribution < 1.29 is 17.6 Å². The normalized spacial score (nSPS) is 10.0. The van der Waals surface area contributed by atoms with Crippen molar-refractivity contribution in [1.29, 1.82) is 5.26 Å². The van der Waals surface area contributed by atoms with E-state index in [4.69, 9.17) is 5.26 Å². The van der Waals surface area contributed by atoms with Crippen LogP contribution in [0.5, 0.6) is 0 Å². The molecule has 0 aliphatic heterocycles. The van der Waals surface area contributed by atoms with Crippen molar-refractivity contribution in [1.82, 2.24) is 0 Å². The van der Waals surface area contributed by atoms with Crippen molar-refractivity contribution in [3.8, 4) is 17.2 Å². The zero-order valence-electron chi connectivity index (χ0n) is 12.6. The van der Waals surface area contributed by atoms with Gasteiger partial charge in [-0.1, -0.05) is 25.2 Å². The first kappa shape index (κ1) is 17.9. The van der Waals surface area contributed by atoms with Gasteiger partial charge in [-0.3, -0.25) is 0 Å². The van der Waals surface area contributed by atoms with E-state index in [0.29, 0.717) is 18.2 Å². The average molecular weight is 349 g/mol. The molecule has 0 aromatic heterocycles. The topological polar surface area (TPSA) is 23.8 Å². The number of thiocyanates is 1. The van der Waals surface area contributed by atoms with E-state index in [9.17, 15) is 17.6 Å². The van der Waals surface area contributed by atoms with Gasteiger partial charge in [-0.2, -0.15) is 5.26 Å². The summed E-state index contributed by atoms with van der Waals surface area (Å²) in [6, 6.07) is 4.11. The molecule has 6 heteroatoms. The van der Waals surface area contributed by atoms with Gasteiger partial charge >= 0.3 is 0 Å². The summed E-state index contributed by atoms with van der Waals surface area (Å²) < 4.78 is 55.0. The standard InChI is InChI=1S/C18H11F4NS/c1-2-3-13-14(19)6-11(7-15(13)20)4-5-12-8-16(21)18(24-10-23)17(22)9-12/h6-9H,2-3H2,1H3. The maximum absolute atomic E-state index is 13.8. The van der Waals surface area contributed by atoms with Gasteiger partial charge < -0.3 is 0 Å². The first-order chi connectivity index (χ1) is 11.5. The van der Waals surface area contributed by atoms with Gasteiger partial charge in [0.2, 0.25) is 0 Å². The molecule has 0 N–H and O–H groups in total. The van der Waals surface area contributed by atoms with Crippen LogP contribution < -0.4 is 0 Å². The predicted octanol–water partition coefficient (Wildman–Crippen LogP) is 5.17. The summed E-state index contributed by atoms with van der Waals surface area (Å²) in [7, 11) is 0. The Labute approximate surface area is 141 Å². The van der Waals surface area contributed by atoms with E-state index < -0.39 is 28.2 Å². The van der Waals surface area contributed by atoms with E-state index in [2.05, 4.69) is 11.8 Å². The molecule has 0 fully saturated rings.